The second-order valence-electron chi connectivity index (χ2n) is 4.49. The Bertz CT molecular complexity index is 507. The van der Waals surface area contributed by atoms with Gasteiger partial charge in [0, 0.05) is 10.5 Å². The first kappa shape index (κ1) is 14.2. The highest BCUT2D eigenvalue weighted by Crippen LogP contribution is 2.21. The van der Waals surface area contributed by atoms with Gasteiger partial charge in [-0.15, -0.1) is 0 Å². The van der Waals surface area contributed by atoms with Crippen LogP contribution in [-0.4, -0.2) is 6.54 Å². The van der Waals surface area contributed by atoms with E-state index in [1.807, 2.05) is 24.3 Å². The Hall–Kier alpha value is -1.19. The molecule has 2 aromatic carbocycles. The molecule has 2 rings (SSSR count). The van der Waals surface area contributed by atoms with Gasteiger partial charge >= 0.3 is 0 Å². The van der Waals surface area contributed by atoms with Crippen molar-refractivity contribution in [2.75, 3.05) is 6.54 Å². The first-order valence-electron chi connectivity index (χ1n) is 6.42. The highest BCUT2D eigenvalue weighted by molar-refractivity contribution is 9.10. The summed E-state index contributed by atoms with van der Waals surface area (Å²) < 4.78 is 14.0. The van der Waals surface area contributed by atoms with Crippen molar-refractivity contribution in [3.63, 3.8) is 0 Å². The molecule has 0 aliphatic heterocycles. The molecule has 0 bridgehead atoms. The van der Waals surface area contributed by atoms with Gasteiger partial charge in [0.2, 0.25) is 0 Å². The zero-order valence-corrected chi connectivity index (χ0v) is 12.5. The Labute approximate surface area is 122 Å². The minimum Gasteiger partial charge on any atom is -0.310 e. The molecule has 0 aromatic heterocycles. The molecule has 19 heavy (non-hydrogen) atoms. The summed E-state index contributed by atoms with van der Waals surface area (Å²) in [5, 5.41) is 3.47. The van der Waals surface area contributed by atoms with E-state index in [4.69, 9.17) is 0 Å². The van der Waals surface area contributed by atoms with Crippen LogP contribution in [0.4, 0.5) is 4.39 Å². The van der Waals surface area contributed by atoms with Gasteiger partial charge in [-0.2, -0.15) is 0 Å². The molecule has 0 saturated heterocycles. The van der Waals surface area contributed by atoms with Crippen molar-refractivity contribution in [1.82, 2.24) is 5.32 Å². The fourth-order valence-electron chi connectivity index (χ4n) is 2.11. The van der Waals surface area contributed by atoms with Crippen LogP contribution in [0.2, 0.25) is 0 Å². The van der Waals surface area contributed by atoms with Gasteiger partial charge in [0.15, 0.2) is 0 Å². The zero-order valence-electron chi connectivity index (χ0n) is 10.9. The van der Waals surface area contributed by atoms with Crippen LogP contribution >= 0.6 is 15.9 Å². The Morgan fingerprint density at radius 3 is 2.26 bits per heavy atom. The maximum atomic E-state index is 12.9. The van der Waals surface area contributed by atoms with Crippen LogP contribution in [0, 0.1) is 5.82 Å². The lowest BCUT2D eigenvalue weighted by Gasteiger charge is -2.18. The third-order valence-corrected chi connectivity index (χ3v) is 3.60. The van der Waals surface area contributed by atoms with Crippen molar-refractivity contribution in [2.24, 2.45) is 0 Å². The second-order valence-corrected chi connectivity index (χ2v) is 5.41. The topological polar surface area (TPSA) is 12.0 Å². The summed E-state index contributed by atoms with van der Waals surface area (Å²) in [6.07, 6.45) is 0.857. The number of hydrogen-bond donors (Lipinski definition) is 1. The van der Waals surface area contributed by atoms with E-state index in [0.717, 1.165) is 23.0 Å². The SMILES string of the molecule is CCNC(Cc1ccc(F)cc1)c1ccc(Br)cc1. The number of benzene rings is 2. The minimum atomic E-state index is -0.188. The molecule has 3 heteroatoms. The van der Waals surface area contributed by atoms with E-state index in [0.29, 0.717) is 0 Å². The van der Waals surface area contributed by atoms with Crippen LogP contribution in [0.3, 0.4) is 0 Å². The summed E-state index contributed by atoms with van der Waals surface area (Å²) >= 11 is 3.45. The number of nitrogens with one attached hydrogen (secondary N) is 1. The molecular weight excluding hydrogens is 305 g/mol. The molecule has 0 heterocycles. The fourth-order valence-corrected chi connectivity index (χ4v) is 2.37. The van der Waals surface area contributed by atoms with E-state index >= 15 is 0 Å². The van der Waals surface area contributed by atoms with Gasteiger partial charge in [-0.3, -0.25) is 0 Å². The van der Waals surface area contributed by atoms with Crippen molar-refractivity contribution >= 4 is 15.9 Å². The highest BCUT2D eigenvalue weighted by Gasteiger charge is 2.11. The van der Waals surface area contributed by atoms with Gasteiger partial charge < -0.3 is 5.32 Å². The quantitative estimate of drug-likeness (QED) is 0.856. The molecule has 1 nitrogen and oxygen atoms in total. The average molecular weight is 322 g/mol. The van der Waals surface area contributed by atoms with Crippen molar-refractivity contribution in [2.45, 2.75) is 19.4 Å². The lowest BCUT2D eigenvalue weighted by atomic mass is 9.99. The average Bonchev–Trinajstić information content (AvgIpc) is 2.42. The second kappa shape index (κ2) is 6.83. The molecule has 100 valence electrons. The molecule has 0 spiro atoms. The van der Waals surface area contributed by atoms with Gasteiger partial charge in [-0.25, -0.2) is 4.39 Å². The number of likely N-dealkylation sites (N-methyl/N-ethyl adjacent to an activating group) is 1. The summed E-state index contributed by atoms with van der Waals surface area (Å²) in [7, 11) is 0. The van der Waals surface area contributed by atoms with Gasteiger partial charge in [-0.05, 0) is 48.4 Å². The van der Waals surface area contributed by atoms with Gasteiger partial charge in [0.25, 0.3) is 0 Å². The lowest BCUT2D eigenvalue weighted by molar-refractivity contribution is 0.548. The molecular formula is C16H17BrFN. The minimum absolute atomic E-state index is 0.188. The van der Waals surface area contributed by atoms with Crippen LogP contribution in [0.25, 0.3) is 0 Å². The largest absolute Gasteiger partial charge is 0.310 e. The molecule has 1 unspecified atom stereocenters. The van der Waals surface area contributed by atoms with Crippen molar-refractivity contribution < 1.29 is 4.39 Å². The normalized spacial score (nSPS) is 12.4. The predicted molar refractivity (Wildman–Crippen MR) is 80.7 cm³/mol. The van der Waals surface area contributed by atoms with E-state index in [1.54, 1.807) is 0 Å². The summed E-state index contributed by atoms with van der Waals surface area (Å²) in [5.41, 5.74) is 2.38. The van der Waals surface area contributed by atoms with E-state index in [2.05, 4.69) is 40.3 Å². The van der Waals surface area contributed by atoms with E-state index in [-0.39, 0.29) is 11.9 Å². The Morgan fingerprint density at radius 2 is 1.68 bits per heavy atom. The smallest absolute Gasteiger partial charge is 0.123 e. The summed E-state index contributed by atoms with van der Waals surface area (Å²) in [6, 6.07) is 15.3. The van der Waals surface area contributed by atoms with Gasteiger partial charge in [-0.1, -0.05) is 47.1 Å². The molecule has 1 N–H and O–H groups in total. The van der Waals surface area contributed by atoms with E-state index < -0.39 is 0 Å². The lowest BCUT2D eigenvalue weighted by Crippen LogP contribution is -2.22. The summed E-state index contributed by atoms with van der Waals surface area (Å²) in [6.45, 7) is 3.00. The maximum Gasteiger partial charge on any atom is 0.123 e. The van der Waals surface area contributed by atoms with Crippen molar-refractivity contribution in [1.29, 1.82) is 0 Å². The van der Waals surface area contributed by atoms with E-state index in [9.17, 15) is 4.39 Å². The van der Waals surface area contributed by atoms with Crippen LogP contribution in [-0.2, 0) is 6.42 Å². The standard InChI is InChI=1S/C16H17BrFN/c1-2-19-16(13-5-7-14(17)8-6-13)11-12-3-9-15(18)10-4-12/h3-10,16,19H,2,11H2,1H3. The number of hydrogen-bond acceptors (Lipinski definition) is 1. The highest BCUT2D eigenvalue weighted by atomic mass is 79.9. The third kappa shape index (κ3) is 4.15. The van der Waals surface area contributed by atoms with Crippen molar-refractivity contribution in [3.8, 4) is 0 Å². The summed E-state index contributed by atoms with van der Waals surface area (Å²) in [4.78, 5) is 0. The molecule has 0 radical (unpaired) electrons. The van der Waals surface area contributed by atoms with Crippen molar-refractivity contribution in [3.05, 3.63) is 69.9 Å². The Kier molecular flexibility index (Phi) is 5.11. The van der Waals surface area contributed by atoms with Gasteiger partial charge in [0.05, 0.1) is 0 Å². The number of halogens is 2. The zero-order chi connectivity index (χ0) is 13.7. The van der Waals surface area contributed by atoms with Crippen LogP contribution < -0.4 is 5.32 Å². The fraction of sp³-hybridized carbons (Fsp3) is 0.250. The molecule has 0 aliphatic rings. The first-order chi connectivity index (χ1) is 9.19. The Morgan fingerprint density at radius 1 is 1.05 bits per heavy atom. The van der Waals surface area contributed by atoms with Crippen LogP contribution in [0.5, 0.6) is 0 Å². The van der Waals surface area contributed by atoms with Crippen LogP contribution in [0.1, 0.15) is 24.1 Å². The molecule has 0 amide bonds. The van der Waals surface area contributed by atoms with Crippen LogP contribution in [0.15, 0.2) is 53.0 Å². The Balaban J connectivity index is 2.15. The molecule has 0 saturated carbocycles. The monoisotopic (exact) mass is 321 g/mol. The van der Waals surface area contributed by atoms with Gasteiger partial charge in [0.1, 0.15) is 5.82 Å². The molecule has 1 atom stereocenters. The molecule has 0 fully saturated rings. The van der Waals surface area contributed by atoms with E-state index in [1.165, 1.54) is 17.7 Å². The molecule has 2 aromatic rings. The third-order valence-electron chi connectivity index (χ3n) is 3.08. The first-order valence-corrected chi connectivity index (χ1v) is 7.21. The number of rotatable bonds is 5. The maximum absolute atomic E-state index is 12.9. The summed E-state index contributed by atoms with van der Waals surface area (Å²) in [5.74, 6) is -0.188. The predicted octanol–water partition coefficient (Wildman–Crippen LogP) is 4.48. The molecule has 0 aliphatic carbocycles.